The molecule has 1 rings (SSSR count). The second-order valence-corrected chi connectivity index (χ2v) is 3.72. The monoisotopic (exact) mass is 211 g/mol. The van der Waals surface area contributed by atoms with Crippen LogP contribution in [0.4, 0.5) is 0 Å². The number of aryl methyl sites for hydroxylation is 1. The minimum Gasteiger partial charge on any atom is -0.465 e. The van der Waals surface area contributed by atoms with Gasteiger partial charge >= 0.3 is 0 Å². The van der Waals surface area contributed by atoms with Crippen molar-refractivity contribution in [1.82, 2.24) is 4.90 Å². The molecule has 0 aliphatic rings. The van der Waals surface area contributed by atoms with Crippen molar-refractivity contribution in [3.63, 3.8) is 0 Å². The Morgan fingerprint density at radius 2 is 2.27 bits per heavy atom. The van der Waals surface area contributed by atoms with Crippen LogP contribution in [0.1, 0.15) is 11.5 Å². The quantitative estimate of drug-likeness (QED) is 0.708. The standard InChI is InChI=1S/C10H17N3O2/c1-7-3-4-8(15-7)5-13(2)6-9(11)10(12)14/h3-4,9H,5-6,11H2,1-2H3,(H2,12,14). The van der Waals surface area contributed by atoms with Gasteiger partial charge in [0.15, 0.2) is 0 Å². The average Bonchev–Trinajstić information content (AvgIpc) is 2.50. The normalized spacial score (nSPS) is 13.1. The number of rotatable bonds is 5. The summed E-state index contributed by atoms with van der Waals surface area (Å²) >= 11 is 0. The molecule has 84 valence electrons. The molecule has 0 radical (unpaired) electrons. The summed E-state index contributed by atoms with van der Waals surface area (Å²) in [7, 11) is 1.86. The third-order valence-corrected chi connectivity index (χ3v) is 2.10. The number of primary amides is 1. The number of nitrogens with two attached hydrogens (primary N) is 2. The first kappa shape index (κ1) is 11.7. The van der Waals surface area contributed by atoms with Crippen molar-refractivity contribution < 1.29 is 9.21 Å². The number of carbonyl (C=O) groups excluding carboxylic acids is 1. The van der Waals surface area contributed by atoms with Gasteiger partial charge < -0.3 is 15.9 Å². The number of likely N-dealkylation sites (N-methyl/N-ethyl adjacent to an activating group) is 1. The Labute approximate surface area is 89.0 Å². The average molecular weight is 211 g/mol. The van der Waals surface area contributed by atoms with E-state index in [1.807, 2.05) is 31.0 Å². The SMILES string of the molecule is Cc1ccc(CN(C)CC(N)C(N)=O)o1. The predicted octanol–water partition coefficient (Wildman–Crippen LogP) is -0.168. The van der Waals surface area contributed by atoms with Crippen LogP contribution in [0.15, 0.2) is 16.5 Å². The Bertz CT molecular complexity index is 335. The number of hydrogen-bond acceptors (Lipinski definition) is 4. The molecule has 1 aromatic heterocycles. The molecule has 0 aromatic carbocycles. The van der Waals surface area contributed by atoms with Crippen LogP contribution in [-0.2, 0) is 11.3 Å². The lowest BCUT2D eigenvalue weighted by molar-refractivity contribution is -0.119. The van der Waals surface area contributed by atoms with Crippen LogP contribution in [0.5, 0.6) is 0 Å². The van der Waals surface area contributed by atoms with Gasteiger partial charge in [0.25, 0.3) is 0 Å². The lowest BCUT2D eigenvalue weighted by Crippen LogP contribution is -2.44. The first-order chi connectivity index (χ1) is 6.99. The van der Waals surface area contributed by atoms with Gasteiger partial charge in [-0.25, -0.2) is 0 Å². The van der Waals surface area contributed by atoms with E-state index in [2.05, 4.69) is 0 Å². The summed E-state index contributed by atoms with van der Waals surface area (Å²) in [5.74, 6) is 1.24. The molecule has 5 nitrogen and oxygen atoms in total. The van der Waals surface area contributed by atoms with Crippen LogP contribution < -0.4 is 11.5 Å². The molecule has 1 amide bonds. The Morgan fingerprint density at radius 1 is 1.60 bits per heavy atom. The van der Waals surface area contributed by atoms with Crippen LogP contribution in [0.25, 0.3) is 0 Å². The first-order valence-corrected chi connectivity index (χ1v) is 4.78. The van der Waals surface area contributed by atoms with Crippen molar-refractivity contribution in [1.29, 1.82) is 0 Å². The van der Waals surface area contributed by atoms with Crippen molar-refractivity contribution in [3.8, 4) is 0 Å². The van der Waals surface area contributed by atoms with Crippen molar-refractivity contribution in [2.45, 2.75) is 19.5 Å². The molecule has 0 aliphatic carbocycles. The van der Waals surface area contributed by atoms with Gasteiger partial charge in [-0.05, 0) is 26.1 Å². The summed E-state index contributed by atoms with van der Waals surface area (Å²) in [6.07, 6.45) is 0. The Morgan fingerprint density at radius 3 is 2.73 bits per heavy atom. The third-order valence-electron chi connectivity index (χ3n) is 2.10. The van der Waals surface area contributed by atoms with Crippen molar-refractivity contribution in [3.05, 3.63) is 23.7 Å². The lowest BCUT2D eigenvalue weighted by Gasteiger charge is -2.17. The van der Waals surface area contributed by atoms with Crippen LogP contribution in [0.2, 0.25) is 0 Å². The summed E-state index contributed by atoms with van der Waals surface area (Å²) in [6, 6.07) is 3.17. The van der Waals surface area contributed by atoms with E-state index in [1.165, 1.54) is 0 Å². The fraction of sp³-hybridized carbons (Fsp3) is 0.500. The van der Waals surface area contributed by atoms with E-state index in [0.717, 1.165) is 11.5 Å². The van der Waals surface area contributed by atoms with Crippen LogP contribution in [0.3, 0.4) is 0 Å². The van der Waals surface area contributed by atoms with E-state index in [0.29, 0.717) is 13.1 Å². The number of furan rings is 1. The van der Waals surface area contributed by atoms with Gasteiger partial charge in [0, 0.05) is 6.54 Å². The summed E-state index contributed by atoms with van der Waals surface area (Å²) in [4.78, 5) is 12.6. The zero-order chi connectivity index (χ0) is 11.4. The van der Waals surface area contributed by atoms with Gasteiger partial charge in [-0.2, -0.15) is 0 Å². The number of carbonyl (C=O) groups is 1. The molecule has 0 spiro atoms. The third kappa shape index (κ3) is 3.73. The van der Waals surface area contributed by atoms with Crippen molar-refractivity contribution in [2.24, 2.45) is 11.5 Å². The lowest BCUT2D eigenvalue weighted by atomic mass is 10.3. The molecule has 0 saturated carbocycles. The minimum atomic E-state index is -0.633. The van der Waals surface area contributed by atoms with E-state index >= 15 is 0 Å². The van der Waals surface area contributed by atoms with Gasteiger partial charge in [-0.3, -0.25) is 9.69 Å². The van der Waals surface area contributed by atoms with Gasteiger partial charge in [0.1, 0.15) is 11.5 Å². The summed E-state index contributed by atoms with van der Waals surface area (Å²) < 4.78 is 5.40. The second-order valence-electron chi connectivity index (χ2n) is 3.72. The molecule has 4 N–H and O–H groups in total. The maximum Gasteiger partial charge on any atom is 0.235 e. The highest BCUT2D eigenvalue weighted by Crippen LogP contribution is 2.08. The molecule has 1 unspecified atom stereocenters. The molecule has 0 bridgehead atoms. The van der Waals surface area contributed by atoms with Crippen LogP contribution in [0, 0.1) is 6.92 Å². The molecule has 1 aromatic rings. The van der Waals surface area contributed by atoms with E-state index in [1.54, 1.807) is 0 Å². The largest absolute Gasteiger partial charge is 0.465 e. The molecule has 0 aliphatic heterocycles. The topological polar surface area (TPSA) is 85.5 Å². The zero-order valence-electron chi connectivity index (χ0n) is 9.06. The Hall–Kier alpha value is -1.33. The van der Waals surface area contributed by atoms with Crippen LogP contribution in [-0.4, -0.2) is 30.4 Å². The molecular weight excluding hydrogens is 194 g/mol. The van der Waals surface area contributed by atoms with E-state index in [4.69, 9.17) is 15.9 Å². The number of nitrogens with zero attached hydrogens (tertiary/aromatic N) is 1. The fourth-order valence-corrected chi connectivity index (χ4v) is 1.33. The highest BCUT2D eigenvalue weighted by Gasteiger charge is 2.13. The summed E-state index contributed by atoms with van der Waals surface area (Å²) in [5.41, 5.74) is 10.6. The van der Waals surface area contributed by atoms with Gasteiger partial charge in [0.2, 0.25) is 5.91 Å². The summed E-state index contributed by atoms with van der Waals surface area (Å²) in [5, 5.41) is 0. The van der Waals surface area contributed by atoms with Crippen LogP contribution >= 0.6 is 0 Å². The molecule has 1 atom stereocenters. The molecule has 1 heterocycles. The number of amides is 1. The molecule has 5 heteroatoms. The molecule has 15 heavy (non-hydrogen) atoms. The Balaban J connectivity index is 2.42. The van der Waals surface area contributed by atoms with E-state index in [9.17, 15) is 4.79 Å². The van der Waals surface area contributed by atoms with Gasteiger partial charge in [-0.15, -0.1) is 0 Å². The summed E-state index contributed by atoms with van der Waals surface area (Å²) in [6.45, 7) is 2.93. The minimum absolute atomic E-state index is 0.426. The first-order valence-electron chi connectivity index (χ1n) is 4.78. The van der Waals surface area contributed by atoms with Crippen molar-refractivity contribution in [2.75, 3.05) is 13.6 Å². The van der Waals surface area contributed by atoms with Gasteiger partial charge in [-0.1, -0.05) is 0 Å². The molecule has 0 fully saturated rings. The maximum absolute atomic E-state index is 10.7. The maximum atomic E-state index is 10.7. The van der Waals surface area contributed by atoms with Gasteiger partial charge in [0.05, 0.1) is 12.6 Å². The number of hydrogen-bond donors (Lipinski definition) is 2. The van der Waals surface area contributed by atoms with E-state index < -0.39 is 11.9 Å². The van der Waals surface area contributed by atoms with E-state index in [-0.39, 0.29) is 0 Å². The van der Waals surface area contributed by atoms with Crippen molar-refractivity contribution >= 4 is 5.91 Å². The highest BCUT2D eigenvalue weighted by atomic mass is 16.3. The highest BCUT2D eigenvalue weighted by molar-refractivity contribution is 5.79. The second kappa shape index (κ2) is 4.95. The molecule has 0 saturated heterocycles. The smallest absolute Gasteiger partial charge is 0.235 e. The Kier molecular flexibility index (Phi) is 3.88. The molecular formula is C10H17N3O2. The fourth-order valence-electron chi connectivity index (χ4n) is 1.33. The zero-order valence-corrected chi connectivity index (χ0v) is 9.06. The predicted molar refractivity (Wildman–Crippen MR) is 56.9 cm³/mol.